The summed E-state index contributed by atoms with van der Waals surface area (Å²) in [6, 6.07) is 11.0. The normalized spacial score (nSPS) is 17.0. The van der Waals surface area contributed by atoms with E-state index in [9.17, 15) is 13.9 Å². The van der Waals surface area contributed by atoms with Gasteiger partial charge in [0.15, 0.2) is 5.96 Å². The number of hydrogen-bond donors (Lipinski definition) is 3. The van der Waals surface area contributed by atoms with Crippen molar-refractivity contribution in [3.05, 3.63) is 59.7 Å². The van der Waals surface area contributed by atoms with Crippen LogP contribution in [0.15, 0.2) is 47.5 Å². The van der Waals surface area contributed by atoms with E-state index in [-0.39, 0.29) is 11.8 Å². The second-order valence-corrected chi connectivity index (χ2v) is 6.85. The molecule has 1 fully saturated rings. The Morgan fingerprint density at radius 3 is 2.86 bits per heavy atom. The van der Waals surface area contributed by atoms with E-state index in [0.29, 0.717) is 31.3 Å². The number of rotatable bonds is 6. The fraction of sp³-hybridized carbons (Fsp3) is 0.381. The Morgan fingerprint density at radius 1 is 1.25 bits per heavy atom. The van der Waals surface area contributed by atoms with Crippen LogP contribution in [0.4, 0.5) is 14.5 Å². The third kappa shape index (κ3) is 5.34. The number of nitrogens with zero attached hydrogens (tertiary/aromatic N) is 2. The van der Waals surface area contributed by atoms with Gasteiger partial charge in [0, 0.05) is 38.3 Å². The molecule has 1 atom stereocenters. The summed E-state index contributed by atoms with van der Waals surface area (Å²) in [7, 11) is 0. The number of aliphatic imine (C=N–C) groups is 1. The monoisotopic (exact) mass is 388 g/mol. The van der Waals surface area contributed by atoms with Crippen LogP contribution in [0.1, 0.15) is 18.9 Å². The lowest BCUT2D eigenvalue weighted by Gasteiger charge is -2.21. The fourth-order valence-electron chi connectivity index (χ4n) is 3.36. The minimum atomic E-state index is -0.566. The van der Waals surface area contributed by atoms with Crippen LogP contribution in [0.2, 0.25) is 0 Å². The molecule has 1 aliphatic rings. The highest BCUT2D eigenvalue weighted by molar-refractivity contribution is 5.80. The van der Waals surface area contributed by atoms with Crippen LogP contribution in [0.5, 0.6) is 5.75 Å². The predicted octanol–water partition coefficient (Wildman–Crippen LogP) is 3.05. The van der Waals surface area contributed by atoms with E-state index in [1.54, 1.807) is 12.1 Å². The van der Waals surface area contributed by atoms with Gasteiger partial charge in [-0.1, -0.05) is 12.1 Å². The first-order valence-corrected chi connectivity index (χ1v) is 9.58. The van der Waals surface area contributed by atoms with E-state index >= 15 is 0 Å². The van der Waals surface area contributed by atoms with Crippen LogP contribution >= 0.6 is 0 Å². The van der Waals surface area contributed by atoms with Gasteiger partial charge in [-0.2, -0.15) is 0 Å². The first kappa shape index (κ1) is 19.9. The summed E-state index contributed by atoms with van der Waals surface area (Å²) in [6.07, 6.45) is 1.57. The van der Waals surface area contributed by atoms with Gasteiger partial charge in [0.05, 0.1) is 5.69 Å². The summed E-state index contributed by atoms with van der Waals surface area (Å²) >= 11 is 0. The van der Waals surface area contributed by atoms with Crippen LogP contribution < -0.4 is 15.5 Å². The van der Waals surface area contributed by atoms with E-state index in [4.69, 9.17) is 0 Å². The summed E-state index contributed by atoms with van der Waals surface area (Å²) in [5.41, 5.74) is 1.45. The highest BCUT2D eigenvalue weighted by atomic mass is 19.1. The van der Waals surface area contributed by atoms with E-state index in [2.05, 4.69) is 15.6 Å². The van der Waals surface area contributed by atoms with Crippen LogP contribution in [0.25, 0.3) is 0 Å². The van der Waals surface area contributed by atoms with Crippen molar-refractivity contribution in [2.75, 3.05) is 31.1 Å². The number of nitrogens with one attached hydrogen (secondary N) is 2. The molecule has 0 amide bonds. The van der Waals surface area contributed by atoms with Gasteiger partial charge in [0.2, 0.25) is 0 Å². The van der Waals surface area contributed by atoms with E-state index in [1.165, 1.54) is 12.1 Å². The van der Waals surface area contributed by atoms with Gasteiger partial charge in [-0.25, -0.2) is 8.78 Å². The van der Waals surface area contributed by atoms with Crippen LogP contribution in [0, 0.1) is 11.6 Å². The second kappa shape index (κ2) is 9.39. The zero-order valence-corrected chi connectivity index (χ0v) is 16.0. The fourth-order valence-corrected chi connectivity index (χ4v) is 3.36. The standard InChI is InChI=1S/C21H26F2N4O/c1-2-24-21(25-10-8-15-4-3-5-18(28)12-15)26-17-9-11-27(14-17)20-7-6-16(22)13-19(20)23/h3-7,12-13,17,28H,2,8-11,14H2,1H3,(H2,24,25,26). The van der Waals surface area contributed by atoms with Gasteiger partial charge in [0.25, 0.3) is 0 Å². The molecule has 3 N–H and O–H groups in total. The molecule has 1 saturated heterocycles. The lowest BCUT2D eigenvalue weighted by molar-refractivity contribution is 0.474. The highest BCUT2D eigenvalue weighted by Crippen LogP contribution is 2.24. The molecule has 5 nitrogen and oxygen atoms in total. The Balaban J connectivity index is 1.56. The third-order valence-corrected chi connectivity index (χ3v) is 4.70. The zero-order chi connectivity index (χ0) is 19.9. The van der Waals surface area contributed by atoms with Crippen molar-refractivity contribution in [2.24, 2.45) is 4.99 Å². The number of guanidine groups is 1. The largest absolute Gasteiger partial charge is 0.508 e. The first-order valence-electron chi connectivity index (χ1n) is 9.58. The maximum absolute atomic E-state index is 14.0. The first-order chi connectivity index (χ1) is 13.5. The van der Waals surface area contributed by atoms with Crippen molar-refractivity contribution >= 4 is 11.6 Å². The Hall–Kier alpha value is -2.83. The second-order valence-electron chi connectivity index (χ2n) is 6.85. The van der Waals surface area contributed by atoms with Crippen molar-refractivity contribution in [3.63, 3.8) is 0 Å². The number of hydrogen-bond acceptors (Lipinski definition) is 3. The number of phenolic OH excluding ortho intramolecular Hbond substituents is 1. The van der Waals surface area contributed by atoms with Crippen LogP contribution in [0.3, 0.4) is 0 Å². The molecule has 1 aliphatic heterocycles. The average Bonchev–Trinajstić information content (AvgIpc) is 3.10. The molecule has 0 aliphatic carbocycles. The lowest BCUT2D eigenvalue weighted by atomic mass is 10.1. The molecular formula is C21H26F2N4O. The molecule has 0 radical (unpaired) electrons. The minimum Gasteiger partial charge on any atom is -0.508 e. The maximum Gasteiger partial charge on any atom is 0.191 e. The van der Waals surface area contributed by atoms with E-state index < -0.39 is 11.6 Å². The Labute approximate surface area is 164 Å². The van der Waals surface area contributed by atoms with Crippen molar-refractivity contribution in [3.8, 4) is 5.75 Å². The van der Waals surface area contributed by atoms with Crippen LogP contribution in [-0.4, -0.2) is 43.3 Å². The molecule has 0 bridgehead atoms. The topological polar surface area (TPSA) is 59.9 Å². The molecule has 150 valence electrons. The number of aromatic hydroxyl groups is 1. The molecule has 2 aromatic rings. The van der Waals surface area contributed by atoms with E-state index in [0.717, 1.165) is 31.0 Å². The SMILES string of the molecule is CCNC(=NCCc1cccc(O)c1)NC1CCN(c2ccc(F)cc2F)C1. The molecule has 1 unspecified atom stereocenters. The molecule has 1 heterocycles. The quantitative estimate of drug-likeness (QED) is 0.526. The van der Waals surface area contributed by atoms with Crippen molar-refractivity contribution in [1.82, 2.24) is 10.6 Å². The van der Waals surface area contributed by atoms with Crippen molar-refractivity contribution < 1.29 is 13.9 Å². The van der Waals surface area contributed by atoms with Gasteiger partial charge < -0.3 is 20.6 Å². The molecule has 0 spiro atoms. The zero-order valence-electron chi connectivity index (χ0n) is 16.0. The Bertz CT molecular complexity index is 828. The summed E-state index contributed by atoms with van der Waals surface area (Å²) in [5.74, 6) is -0.129. The molecule has 7 heteroatoms. The Morgan fingerprint density at radius 2 is 2.11 bits per heavy atom. The van der Waals surface area contributed by atoms with Crippen LogP contribution in [-0.2, 0) is 6.42 Å². The van der Waals surface area contributed by atoms with Gasteiger partial charge >= 0.3 is 0 Å². The molecule has 0 aromatic heterocycles. The van der Waals surface area contributed by atoms with Gasteiger partial charge in [0.1, 0.15) is 17.4 Å². The molecule has 3 rings (SSSR count). The number of halogens is 2. The van der Waals surface area contributed by atoms with E-state index in [1.807, 2.05) is 24.0 Å². The van der Waals surface area contributed by atoms with Crippen molar-refractivity contribution in [2.45, 2.75) is 25.8 Å². The molecular weight excluding hydrogens is 362 g/mol. The Kier molecular flexibility index (Phi) is 6.68. The average molecular weight is 388 g/mol. The maximum atomic E-state index is 14.0. The highest BCUT2D eigenvalue weighted by Gasteiger charge is 2.25. The summed E-state index contributed by atoms with van der Waals surface area (Å²) in [6.45, 7) is 4.65. The summed E-state index contributed by atoms with van der Waals surface area (Å²) in [5, 5.41) is 16.2. The summed E-state index contributed by atoms with van der Waals surface area (Å²) in [4.78, 5) is 6.52. The lowest BCUT2D eigenvalue weighted by Crippen LogP contribution is -2.44. The van der Waals surface area contributed by atoms with Gasteiger partial charge in [-0.3, -0.25) is 4.99 Å². The van der Waals surface area contributed by atoms with Gasteiger partial charge in [-0.15, -0.1) is 0 Å². The van der Waals surface area contributed by atoms with Crippen molar-refractivity contribution in [1.29, 1.82) is 0 Å². The third-order valence-electron chi connectivity index (χ3n) is 4.70. The van der Waals surface area contributed by atoms with Gasteiger partial charge in [-0.05, 0) is 49.6 Å². The number of benzene rings is 2. The number of phenols is 1. The predicted molar refractivity (Wildman–Crippen MR) is 108 cm³/mol. The summed E-state index contributed by atoms with van der Waals surface area (Å²) < 4.78 is 27.1. The number of anilines is 1. The minimum absolute atomic E-state index is 0.128. The molecule has 28 heavy (non-hydrogen) atoms. The smallest absolute Gasteiger partial charge is 0.191 e. The molecule has 2 aromatic carbocycles. The molecule has 0 saturated carbocycles.